The normalized spacial score (nSPS) is 16.5. The van der Waals surface area contributed by atoms with Crippen LogP contribution in [0.5, 0.6) is 0 Å². The highest BCUT2D eigenvalue weighted by Crippen LogP contribution is 2.22. The summed E-state index contributed by atoms with van der Waals surface area (Å²) >= 11 is 1.13. The fourth-order valence-electron chi connectivity index (χ4n) is 4.42. The number of ketones is 1. The molecule has 2 amide bonds. The largest absolute Gasteiger partial charge is 0.466 e. The molecule has 1 saturated heterocycles. The van der Waals surface area contributed by atoms with Crippen LogP contribution in [0.4, 0.5) is 0 Å². The van der Waals surface area contributed by atoms with Crippen LogP contribution in [0.3, 0.4) is 0 Å². The molecule has 1 aromatic heterocycles. The first-order chi connectivity index (χ1) is 20.0. The topological polar surface area (TPSA) is 207 Å². The number of Topliss-reactive ketones (excluding diaryl/α,β-unsaturated/α-hetero) is 1. The average molecular weight is 622 g/mol. The van der Waals surface area contributed by atoms with Gasteiger partial charge in [0.25, 0.3) is 0 Å². The van der Waals surface area contributed by atoms with Gasteiger partial charge in [0.05, 0.1) is 31.4 Å². The molecule has 1 aliphatic rings. The second-order valence-electron chi connectivity index (χ2n) is 9.41. The third-order valence-corrected chi connectivity index (χ3v) is 8.96. The molecule has 1 aliphatic heterocycles. The Kier molecular flexibility index (Phi) is 11.9. The number of ether oxygens (including phenoxy) is 1. The standard InChI is InChI=1S/C26H35N7O7S2/c1-2-40-22(35)15-20-25(37)32(12-13-33(20)42(38,39)17-18-7-4-3-5-8-18)16-21(34)31-19(9-6-10-30-26(27)28)23(36)24-29-11-14-41-24/h3-5,7-8,11,14,19-20H,2,6,9-10,12-13,15-17H2,1H3,(H,31,34)(H4,27,28,30)/t19-,20?/m0/s1. The maximum absolute atomic E-state index is 13.5. The molecule has 1 unspecified atom stereocenters. The van der Waals surface area contributed by atoms with Crippen molar-refractivity contribution in [1.29, 1.82) is 0 Å². The van der Waals surface area contributed by atoms with Crippen LogP contribution in [0.25, 0.3) is 0 Å². The number of nitrogens with one attached hydrogen (secondary N) is 1. The molecule has 0 bridgehead atoms. The number of hydrogen-bond donors (Lipinski definition) is 3. The Bertz CT molecular complexity index is 1360. The molecule has 1 aromatic carbocycles. The summed E-state index contributed by atoms with van der Waals surface area (Å²) in [5, 5.41) is 4.51. The number of piperazine rings is 1. The first-order valence-corrected chi connectivity index (χ1v) is 15.8. The SMILES string of the molecule is CCOC(=O)CC1C(=O)N(CC(=O)N[C@@H](CCCN=C(N)N)C(=O)c2nccs2)CCN1S(=O)(=O)Cc1ccccc1. The van der Waals surface area contributed by atoms with Gasteiger partial charge in [0, 0.05) is 31.2 Å². The van der Waals surface area contributed by atoms with Gasteiger partial charge in [-0.1, -0.05) is 30.3 Å². The molecule has 3 rings (SSSR count). The summed E-state index contributed by atoms with van der Waals surface area (Å²) in [6.45, 7) is 1.24. The van der Waals surface area contributed by atoms with Gasteiger partial charge in [-0.3, -0.25) is 24.2 Å². The van der Waals surface area contributed by atoms with Crippen molar-refractivity contribution in [3.63, 3.8) is 0 Å². The molecule has 5 N–H and O–H groups in total. The Morgan fingerprint density at radius 2 is 1.95 bits per heavy atom. The van der Waals surface area contributed by atoms with Gasteiger partial charge < -0.3 is 26.4 Å². The molecule has 0 saturated carbocycles. The Labute approximate surface area is 248 Å². The van der Waals surface area contributed by atoms with Crippen LogP contribution in [-0.2, 0) is 34.9 Å². The van der Waals surface area contributed by atoms with Gasteiger partial charge in [-0.25, -0.2) is 13.4 Å². The van der Waals surface area contributed by atoms with E-state index in [1.54, 1.807) is 42.6 Å². The van der Waals surface area contributed by atoms with Gasteiger partial charge in [-0.05, 0) is 25.3 Å². The number of esters is 1. The zero-order valence-electron chi connectivity index (χ0n) is 23.2. The number of amides is 2. The van der Waals surface area contributed by atoms with E-state index >= 15 is 0 Å². The van der Waals surface area contributed by atoms with E-state index in [-0.39, 0.29) is 49.4 Å². The van der Waals surface area contributed by atoms with Crippen molar-refractivity contribution < 1.29 is 32.3 Å². The lowest BCUT2D eigenvalue weighted by Crippen LogP contribution is -2.61. The van der Waals surface area contributed by atoms with Crippen LogP contribution in [0.2, 0.25) is 0 Å². The fourth-order valence-corrected chi connectivity index (χ4v) is 6.75. The second kappa shape index (κ2) is 15.4. The lowest BCUT2D eigenvalue weighted by molar-refractivity contribution is -0.150. The lowest BCUT2D eigenvalue weighted by Gasteiger charge is -2.39. The second-order valence-corrected chi connectivity index (χ2v) is 12.2. The van der Waals surface area contributed by atoms with E-state index in [0.717, 1.165) is 15.6 Å². The van der Waals surface area contributed by atoms with Crippen molar-refractivity contribution >= 4 is 50.9 Å². The molecule has 2 aromatic rings. The number of aliphatic imine (C=N–C) groups is 1. The number of hydrogen-bond acceptors (Lipinski definition) is 10. The summed E-state index contributed by atoms with van der Waals surface area (Å²) in [5.41, 5.74) is 11.2. The van der Waals surface area contributed by atoms with Crippen molar-refractivity contribution in [3.8, 4) is 0 Å². The zero-order valence-corrected chi connectivity index (χ0v) is 24.8. The Hall–Kier alpha value is -3.89. The minimum Gasteiger partial charge on any atom is -0.466 e. The van der Waals surface area contributed by atoms with Gasteiger partial charge in [0.15, 0.2) is 11.0 Å². The lowest BCUT2D eigenvalue weighted by atomic mass is 10.1. The molecule has 2 heterocycles. The van der Waals surface area contributed by atoms with E-state index in [1.165, 1.54) is 11.1 Å². The fraction of sp³-hybridized carbons (Fsp3) is 0.462. The number of rotatable bonds is 15. The van der Waals surface area contributed by atoms with Crippen molar-refractivity contribution in [1.82, 2.24) is 19.5 Å². The molecular weight excluding hydrogens is 586 g/mol. The van der Waals surface area contributed by atoms with Crippen molar-refractivity contribution in [2.75, 3.05) is 32.8 Å². The highest BCUT2D eigenvalue weighted by Gasteiger charge is 2.43. The van der Waals surface area contributed by atoms with E-state index < -0.39 is 58.6 Å². The molecular formula is C26H35N7O7S2. The first-order valence-electron chi connectivity index (χ1n) is 13.3. The van der Waals surface area contributed by atoms with Gasteiger partial charge >= 0.3 is 5.97 Å². The number of carbonyl (C=O) groups is 4. The Morgan fingerprint density at radius 3 is 2.60 bits per heavy atom. The molecule has 0 radical (unpaired) electrons. The summed E-state index contributed by atoms with van der Waals surface area (Å²) in [6, 6.07) is 6.14. The molecule has 42 heavy (non-hydrogen) atoms. The maximum atomic E-state index is 13.5. The highest BCUT2D eigenvalue weighted by molar-refractivity contribution is 7.88. The number of carbonyl (C=O) groups excluding carboxylic acids is 4. The van der Waals surface area contributed by atoms with E-state index in [0.29, 0.717) is 12.0 Å². The average Bonchev–Trinajstić information content (AvgIpc) is 3.47. The molecule has 228 valence electrons. The third-order valence-electron chi connectivity index (χ3n) is 6.32. The minimum absolute atomic E-state index is 0.0559. The van der Waals surface area contributed by atoms with E-state index in [2.05, 4.69) is 15.3 Å². The third kappa shape index (κ3) is 9.32. The van der Waals surface area contributed by atoms with Crippen LogP contribution in [0, 0.1) is 0 Å². The monoisotopic (exact) mass is 621 g/mol. The van der Waals surface area contributed by atoms with E-state index in [4.69, 9.17) is 16.2 Å². The molecule has 0 aliphatic carbocycles. The van der Waals surface area contributed by atoms with Crippen LogP contribution < -0.4 is 16.8 Å². The van der Waals surface area contributed by atoms with Gasteiger partial charge in [-0.2, -0.15) is 4.31 Å². The Balaban J connectivity index is 1.74. The maximum Gasteiger partial charge on any atom is 0.307 e. The molecule has 1 fully saturated rings. The highest BCUT2D eigenvalue weighted by atomic mass is 32.2. The summed E-state index contributed by atoms with van der Waals surface area (Å²) in [5.74, 6) is -2.93. The number of benzene rings is 1. The number of nitrogens with zero attached hydrogens (tertiary/aromatic N) is 4. The molecule has 16 heteroatoms. The molecule has 2 atom stereocenters. The van der Waals surface area contributed by atoms with Crippen LogP contribution in [0.15, 0.2) is 46.9 Å². The predicted molar refractivity (Wildman–Crippen MR) is 156 cm³/mol. The number of nitrogens with two attached hydrogens (primary N) is 2. The van der Waals surface area contributed by atoms with E-state index in [1.807, 2.05) is 0 Å². The predicted octanol–water partition coefficient (Wildman–Crippen LogP) is -0.140. The summed E-state index contributed by atoms with van der Waals surface area (Å²) in [7, 11) is -4.01. The number of thiazole rings is 1. The number of aromatic nitrogens is 1. The molecule has 14 nitrogen and oxygen atoms in total. The van der Waals surface area contributed by atoms with Crippen molar-refractivity contribution in [2.24, 2.45) is 16.5 Å². The number of sulfonamides is 1. The van der Waals surface area contributed by atoms with E-state index in [9.17, 15) is 27.6 Å². The van der Waals surface area contributed by atoms with Gasteiger partial charge in [0.2, 0.25) is 27.6 Å². The van der Waals surface area contributed by atoms with Crippen LogP contribution >= 0.6 is 11.3 Å². The van der Waals surface area contributed by atoms with Crippen molar-refractivity contribution in [2.45, 2.75) is 44.0 Å². The van der Waals surface area contributed by atoms with Gasteiger partial charge in [-0.15, -0.1) is 11.3 Å². The van der Waals surface area contributed by atoms with Gasteiger partial charge in [0.1, 0.15) is 6.04 Å². The van der Waals surface area contributed by atoms with Crippen LogP contribution in [0.1, 0.15) is 41.6 Å². The number of guanidine groups is 1. The quantitative estimate of drug-likeness (QED) is 0.0788. The van der Waals surface area contributed by atoms with Crippen LogP contribution in [-0.4, -0.2) is 97.0 Å². The smallest absolute Gasteiger partial charge is 0.307 e. The first kappa shape index (κ1) is 32.6. The summed E-state index contributed by atoms with van der Waals surface area (Å²) in [4.78, 5) is 61.0. The summed E-state index contributed by atoms with van der Waals surface area (Å²) in [6.07, 6.45) is 1.57. The molecule has 0 spiro atoms. The van der Waals surface area contributed by atoms with Crippen molar-refractivity contribution in [3.05, 3.63) is 52.5 Å². The zero-order chi connectivity index (χ0) is 30.7. The Morgan fingerprint density at radius 1 is 1.21 bits per heavy atom. The summed E-state index contributed by atoms with van der Waals surface area (Å²) < 4.78 is 32.7. The minimum atomic E-state index is -4.01.